The van der Waals surface area contributed by atoms with E-state index in [0.717, 1.165) is 12.2 Å². The minimum atomic E-state index is -1.51. The van der Waals surface area contributed by atoms with Crippen molar-refractivity contribution in [3.05, 3.63) is 29.8 Å². The summed E-state index contributed by atoms with van der Waals surface area (Å²) in [5, 5.41) is 0. The minimum Gasteiger partial charge on any atom is -0.544 e. The normalized spacial score (nSPS) is 13.2. The molecule has 100 valence electrons. The molecule has 0 aliphatic rings. The van der Waals surface area contributed by atoms with Gasteiger partial charge in [-0.2, -0.15) is 0 Å². The van der Waals surface area contributed by atoms with Crippen molar-refractivity contribution < 1.29 is 9.22 Å². The van der Waals surface area contributed by atoms with Gasteiger partial charge in [0.15, 0.2) is 0 Å². The quantitative estimate of drug-likeness (QED) is 0.724. The van der Waals surface area contributed by atoms with Crippen molar-refractivity contribution in [1.82, 2.24) is 0 Å². The Morgan fingerprint density at radius 3 is 2.22 bits per heavy atom. The second kappa shape index (κ2) is 6.18. The van der Waals surface area contributed by atoms with Crippen LogP contribution in [-0.2, 0) is 11.2 Å². The Bertz CT molecular complexity index is 390. The van der Waals surface area contributed by atoms with Gasteiger partial charge in [-0.1, -0.05) is 19.1 Å². The lowest BCUT2D eigenvalue weighted by atomic mass is 9.96. The first-order chi connectivity index (χ1) is 8.26. The van der Waals surface area contributed by atoms with Gasteiger partial charge < -0.3 is 9.22 Å². The van der Waals surface area contributed by atoms with Crippen LogP contribution in [0.3, 0.4) is 0 Å². The molecule has 2 nitrogen and oxygen atoms in total. The first-order valence-corrected chi connectivity index (χ1v) is 9.94. The molecule has 0 radical (unpaired) electrons. The summed E-state index contributed by atoms with van der Waals surface area (Å²) in [5.41, 5.74) is 1.27. The highest BCUT2D eigenvalue weighted by Gasteiger charge is 2.16. The van der Waals surface area contributed by atoms with E-state index in [4.69, 9.17) is 4.43 Å². The SMILES string of the molecule is CC(=O)CC(C)Cc1ccc(O[Si](C)(C)C)cc1. The third-order valence-corrected chi connectivity index (χ3v) is 3.42. The lowest BCUT2D eigenvalue weighted by Gasteiger charge is -2.19. The van der Waals surface area contributed by atoms with E-state index >= 15 is 0 Å². The molecule has 0 heterocycles. The molecule has 3 heteroatoms. The van der Waals surface area contributed by atoms with Crippen LogP contribution in [0, 0.1) is 5.92 Å². The fourth-order valence-corrected chi connectivity index (χ4v) is 2.86. The van der Waals surface area contributed by atoms with Gasteiger partial charge in [-0.3, -0.25) is 0 Å². The monoisotopic (exact) mass is 264 g/mol. The maximum atomic E-state index is 11.0. The maximum absolute atomic E-state index is 11.0. The van der Waals surface area contributed by atoms with E-state index in [1.807, 2.05) is 12.1 Å². The van der Waals surface area contributed by atoms with E-state index in [-0.39, 0.29) is 5.78 Å². The van der Waals surface area contributed by atoms with E-state index in [9.17, 15) is 4.79 Å². The van der Waals surface area contributed by atoms with Crippen LogP contribution in [0.5, 0.6) is 5.75 Å². The van der Waals surface area contributed by atoms with Gasteiger partial charge >= 0.3 is 0 Å². The average molecular weight is 264 g/mol. The van der Waals surface area contributed by atoms with Crippen molar-refractivity contribution in [3.63, 3.8) is 0 Å². The van der Waals surface area contributed by atoms with Crippen LogP contribution in [0.4, 0.5) is 0 Å². The Hall–Kier alpha value is -1.09. The van der Waals surface area contributed by atoms with Crippen LogP contribution in [0.15, 0.2) is 24.3 Å². The maximum Gasteiger partial charge on any atom is 0.242 e. The molecule has 1 unspecified atom stereocenters. The lowest BCUT2D eigenvalue weighted by molar-refractivity contribution is -0.117. The largest absolute Gasteiger partial charge is 0.544 e. The zero-order valence-corrected chi connectivity index (χ0v) is 13.1. The molecule has 1 rings (SSSR count). The van der Waals surface area contributed by atoms with E-state index in [1.54, 1.807) is 6.92 Å². The summed E-state index contributed by atoms with van der Waals surface area (Å²) in [6, 6.07) is 8.28. The van der Waals surface area contributed by atoms with Crippen LogP contribution >= 0.6 is 0 Å². The molecule has 0 amide bonds. The van der Waals surface area contributed by atoms with Crippen molar-refractivity contribution in [2.45, 2.75) is 46.3 Å². The average Bonchev–Trinajstić information content (AvgIpc) is 2.17. The number of ketones is 1. The van der Waals surface area contributed by atoms with E-state index in [0.29, 0.717) is 12.3 Å². The molecule has 0 N–H and O–H groups in total. The molecule has 1 aromatic rings. The molecule has 0 bridgehead atoms. The fourth-order valence-electron chi connectivity index (χ4n) is 2.01. The van der Waals surface area contributed by atoms with Crippen molar-refractivity contribution in [2.75, 3.05) is 0 Å². The highest BCUT2D eigenvalue weighted by molar-refractivity contribution is 6.70. The number of Topliss-reactive ketones (excluding diaryl/α,β-unsaturated/α-hetero) is 1. The Kier molecular flexibility index (Phi) is 5.14. The molecule has 0 saturated heterocycles. The smallest absolute Gasteiger partial charge is 0.242 e. The summed E-state index contributed by atoms with van der Waals surface area (Å²) in [6.07, 6.45) is 1.61. The highest BCUT2D eigenvalue weighted by Crippen LogP contribution is 2.19. The molecule has 1 atom stereocenters. The molecular formula is C15H24O2Si. The number of hydrogen-bond acceptors (Lipinski definition) is 2. The summed E-state index contributed by atoms with van der Waals surface area (Å²) in [5.74, 6) is 1.63. The predicted molar refractivity (Wildman–Crippen MR) is 78.6 cm³/mol. The molecular weight excluding hydrogens is 240 g/mol. The van der Waals surface area contributed by atoms with Gasteiger partial charge in [0.05, 0.1) is 0 Å². The van der Waals surface area contributed by atoms with Gasteiger partial charge in [-0.05, 0) is 56.6 Å². The summed E-state index contributed by atoms with van der Waals surface area (Å²) in [4.78, 5) is 11.0. The van der Waals surface area contributed by atoms with Crippen molar-refractivity contribution >= 4 is 14.1 Å². The molecule has 18 heavy (non-hydrogen) atoms. The van der Waals surface area contributed by atoms with Crippen molar-refractivity contribution in [1.29, 1.82) is 0 Å². The Morgan fingerprint density at radius 1 is 1.22 bits per heavy atom. The van der Waals surface area contributed by atoms with Crippen LogP contribution in [0.25, 0.3) is 0 Å². The van der Waals surface area contributed by atoms with Crippen molar-refractivity contribution in [3.8, 4) is 5.75 Å². The summed E-state index contributed by atoms with van der Waals surface area (Å²) >= 11 is 0. The van der Waals surface area contributed by atoms with Crippen LogP contribution in [0.2, 0.25) is 19.6 Å². The highest BCUT2D eigenvalue weighted by atomic mass is 28.4. The fraction of sp³-hybridized carbons (Fsp3) is 0.533. The second-order valence-corrected chi connectivity index (χ2v) is 10.5. The summed E-state index contributed by atoms with van der Waals surface area (Å²) in [7, 11) is -1.51. The second-order valence-electron chi connectivity index (χ2n) is 6.07. The van der Waals surface area contributed by atoms with E-state index < -0.39 is 8.32 Å². The molecule has 0 aromatic heterocycles. The van der Waals surface area contributed by atoms with Gasteiger partial charge in [0.1, 0.15) is 11.5 Å². The molecule has 0 spiro atoms. The van der Waals surface area contributed by atoms with Crippen molar-refractivity contribution in [2.24, 2.45) is 5.92 Å². The van der Waals surface area contributed by atoms with Gasteiger partial charge in [0, 0.05) is 6.42 Å². The van der Waals surface area contributed by atoms with Gasteiger partial charge in [0.25, 0.3) is 0 Å². The minimum absolute atomic E-state index is 0.265. The number of benzene rings is 1. The Labute approximate surface area is 111 Å². The number of carbonyl (C=O) groups excluding carboxylic acids is 1. The first kappa shape index (κ1) is 15.0. The van der Waals surface area contributed by atoms with Crippen LogP contribution < -0.4 is 4.43 Å². The third kappa shape index (κ3) is 6.01. The van der Waals surface area contributed by atoms with Gasteiger partial charge in [0.2, 0.25) is 8.32 Å². The third-order valence-electron chi connectivity index (χ3n) is 2.57. The standard InChI is InChI=1S/C15H24O2Si/c1-12(10-13(2)16)11-14-6-8-15(9-7-14)17-18(3,4)5/h6-9,12H,10-11H2,1-5H3. The summed E-state index contributed by atoms with van der Waals surface area (Å²) < 4.78 is 5.91. The summed E-state index contributed by atoms with van der Waals surface area (Å²) in [6.45, 7) is 10.3. The van der Waals surface area contributed by atoms with E-state index in [2.05, 4.69) is 38.7 Å². The zero-order chi connectivity index (χ0) is 13.8. The Balaban J connectivity index is 2.57. The molecule has 0 aliphatic heterocycles. The molecule has 0 saturated carbocycles. The van der Waals surface area contributed by atoms with Gasteiger partial charge in [-0.15, -0.1) is 0 Å². The Morgan fingerprint density at radius 2 is 1.78 bits per heavy atom. The number of rotatable bonds is 6. The van der Waals surface area contributed by atoms with Gasteiger partial charge in [-0.25, -0.2) is 0 Å². The van der Waals surface area contributed by atoms with Crippen LogP contribution in [0.1, 0.15) is 25.8 Å². The molecule has 1 aromatic carbocycles. The topological polar surface area (TPSA) is 26.3 Å². The first-order valence-electron chi connectivity index (χ1n) is 6.53. The predicted octanol–water partition coefficient (Wildman–Crippen LogP) is 4.06. The number of hydrogen-bond donors (Lipinski definition) is 0. The lowest BCUT2D eigenvalue weighted by Crippen LogP contribution is -2.29. The van der Waals surface area contributed by atoms with Crippen LogP contribution in [-0.4, -0.2) is 14.1 Å². The zero-order valence-electron chi connectivity index (χ0n) is 12.1. The molecule has 0 fully saturated rings. The number of carbonyl (C=O) groups is 1. The molecule has 0 aliphatic carbocycles. The van der Waals surface area contributed by atoms with E-state index in [1.165, 1.54) is 5.56 Å².